The second kappa shape index (κ2) is 7.04. The van der Waals surface area contributed by atoms with Crippen LogP contribution >= 0.6 is 0 Å². The van der Waals surface area contributed by atoms with Crippen LogP contribution in [0, 0.1) is 0 Å². The van der Waals surface area contributed by atoms with E-state index in [0.717, 1.165) is 18.4 Å². The Morgan fingerprint density at radius 1 is 1.38 bits per heavy atom. The van der Waals surface area contributed by atoms with E-state index in [9.17, 15) is 13.2 Å². The third-order valence-corrected chi connectivity index (χ3v) is 5.54. The molecule has 0 bridgehead atoms. The summed E-state index contributed by atoms with van der Waals surface area (Å²) < 4.78 is 32.6. The van der Waals surface area contributed by atoms with Crippen molar-refractivity contribution in [3.8, 4) is 0 Å². The van der Waals surface area contributed by atoms with Gasteiger partial charge in [0.25, 0.3) is 5.95 Å². The molecule has 0 radical (unpaired) electrons. The minimum Gasteiger partial charge on any atom is -0.344 e. The van der Waals surface area contributed by atoms with Crippen molar-refractivity contribution in [3.05, 3.63) is 29.7 Å². The number of fused-ring (bicyclic) bond motifs is 1. The van der Waals surface area contributed by atoms with Crippen molar-refractivity contribution < 1.29 is 17.7 Å². The minimum atomic E-state index is -3.78. The van der Waals surface area contributed by atoms with Crippen LogP contribution < -0.4 is 14.5 Å². The first kappa shape index (κ1) is 18.3. The quantitative estimate of drug-likeness (QED) is 0.822. The highest BCUT2D eigenvalue weighted by atomic mass is 32.2. The number of aromatic nitrogens is 2. The van der Waals surface area contributed by atoms with Gasteiger partial charge in [0.05, 0.1) is 11.4 Å². The molecule has 1 aromatic carbocycles. The van der Waals surface area contributed by atoms with Crippen LogP contribution in [0.4, 0.5) is 11.6 Å². The fourth-order valence-corrected chi connectivity index (χ4v) is 3.78. The highest BCUT2D eigenvalue weighted by molar-refractivity contribution is 7.89. The summed E-state index contributed by atoms with van der Waals surface area (Å²) >= 11 is 0. The molecule has 1 aliphatic rings. The lowest BCUT2D eigenvalue weighted by atomic mass is 10.0. The largest absolute Gasteiger partial charge is 0.344 e. The number of aryl methyl sites for hydroxylation is 1. The average Bonchev–Trinajstić information content (AvgIpc) is 3.08. The van der Waals surface area contributed by atoms with E-state index >= 15 is 0 Å². The maximum atomic E-state index is 12.6. The van der Waals surface area contributed by atoms with Crippen LogP contribution in [0.15, 0.2) is 27.6 Å². The predicted molar refractivity (Wildman–Crippen MR) is 95.4 cm³/mol. The average molecular weight is 379 g/mol. The van der Waals surface area contributed by atoms with Gasteiger partial charge in [-0.15, -0.1) is 0 Å². The maximum Gasteiger partial charge on any atom is 0.265 e. The van der Waals surface area contributed by atoms with Crippen molar-refractivity contribution in [2.75, 3.05) is 30.4 Å². The molecule has 1 aromatic heterocycles. The van der Waals surface area contributed by atoms with Gasteiger partial charge in [-0.1, -0.05) is 6.07 Å². The number of hydrogen-bond acceptors (Lipinski definition) is 7. The molecule has 10 heteroatoms. The molecule has 0 spiro atoms. The molecule has 1 amide bonds. The normalized spacial score (nSPS) is 14.2. The number of sulfonamides is 1. The topological polar surface area (TPSA) is 109 Å². The number of nitrogens with zero attached hydrogens (tertiary/aromatic N) is 4. The smallest absolute Gasteiger partial charge is 0.265 e. The van der Waals surface area contributed by atoms with Crippen molar-refractivity contribution in [1.82, 2.24) is 14.9 Å². The number of rotatable bonds is 5. The molecule has 2 aromatic rings. The summed E-state index contributed by atoms with van der Waals surface area (Å²) in [4.78, 5) is 19.3. The second-order valence-electron chi connectivity index (χ2n) is 6.27. The third kappa shape index (κ3) is 3.70. The summed E-state index contributed by atoms with van der Waals surface area (Å²) in [5.41, 5.74) is 1.62. The van der Waals surface area contributed by atoms with E-state index in [1.807, 2.05) is 0 Å². The molecule has 26 heavy (non-hydrogen) atoms. The van der Waals surface area contributed by atoms with Gasteiger partial charge in [0, 0.05) is 33.3 Å². The number of hydrogen-bond donors (Lipinski definition) is 1. The molecule has 0 saturated carbocycles. The van der Waals surface area contributed by atoms with Gasteiger partial charge in [0.2, 0.25) is 21.8 Å². The first-order valence-electron chi connectivity index (χ1n) is 8.18. The van der Waals surface area contributed by atoms with Crippen molar-refractivity contribution in [2.24, 2.45) is 0 Å². The van der Waals surface area contributed by atoms with E-state index in [2.05, 4.69) is 14.9 Å². The molecule has 0 fully saturated rings. The van der Waals surface area contributed by atoms with Gasteiger partial charge in [0.1, 0.15) is 0 Å². The summed E-state index contributed by atoms with van der Waals surface area (Å²) in [7, 11) is -0.268. The Hall–Kier alpha value is -2.46. The molecule has 0 aliphatic carbocycles. The minimum absolute atomic E-state index is 0.0942. The van der Waals surface area contributed by atoms with Gasteiger partial charge in [-0.25, -0.2) is 13.1 Å². The van der Waals surface area contributed by atoms with Crippen molar-refractivity contribution in [3.63, 3.8) is 0 Å². The second-order valence-corrected chi connectivity index (χ2v) is 8.04. The molecular formula is C16H21N5O4S. The van der Waals surface area contributed by atoms with Crippen LogP contribution in [-0.4, -0.2) is 45.1 Å². The molecule has 2 heterocycles. The molecule has 1 aliphatic heterocycles. The standard InChI is InChI=1S/C16H21N5O4S/c1-11(22)21-8-4-5-12-6-7-13(9-14(12)21)26(23,24)17-10-15-18-16(19-25-15)20(2)3/h6-7,9,17H,4-5,8,10H2,1-3H3. The zero-order chi connectivity index (χ0) is 18.9. The number of amides is 1. The molecule has 0 unspecified atom stereocenters. The van der Waals surface area contributed by atoms with Crippen LogP contribution in [-0.2, 0) is 27.8 Å². The van der Waals surface area contributed by atoms with Crippen LogP contribution in [0.1, 0.15) is 24.8 Å². The Kier molecular flexibility index (Phi) is 4.97. The van der Waals surface area contributed by atoms with Gasteiger partial charge >= 0.3 is 0 Å². The highest BCUT2D eigenvalue weighted by Gasteiger charge is 2.24. The lowest BCUT2D eigenvalue weighted by molar-refractivity contribution is -0.116. The Morgan fingerprint density at radius 2 is 2.15 bits per heavy atom. The molecule has 0 atom stereocenters. The van der Waals surface area contributed by atoms with Crippen molar-refractivity contribution in [1.29, 1.82) is 0 Å². The monoisotopic (exact) mass is 379 g/mol. The van der Waals surface area contributed by atoms with Gasteiger partial charge in [-0.05, 0) is 35.7 Å². The van der Waals surface area contributed by atoms with Gasteiger partial charge in [0.15, 0.2) is 0 Å². The predicted octanol–water partition coefficient (Wildman–Crippen LogP) is 0.913. The van der Waals surface area contributed by atoms with Gasteiger partial charge in [-0.2, -0.15) is 4.98 Å². The summed E-state index contributed by atoms with van der Waals surface area (Å²) in [5.74, 6) is 0.432. The van der Waals surface area contributed by atoms with E-state index in [1.165, 1.54) is 13.0 Å². The van der Waals surface area contributed by atoms with E-state index in [1.54, 1.807) is 36.0 Å². The Balaban J connectivity index is 1.80. The van der Waals surface area contributed by atoms with E-state index < -0.39 is 10.0 Å². The maximum absolute atomic E-state index is 12.6. The SMILES string of the molecule is CC(=O)N1CCCc2ccc(S(=O)(=O)NCc3nc(N(C)C)no3)cc21. The Bertz CT molecular complexity index is 922. The van der Waals surface area contributed by atoms with Crippen LogP contribution in [0.5, 0.6) is 0 Å². The third-order valence-electron chi connectivity index (χ3n) is 4.14. The van der Waals surface area contributed by atoms with E-state index in [0.29, 0.717) is 18.2 Å². The summed E-state index contributed by atoms with van der Waals surface area (Å²) in [6.07, 6.45) is 1.68. The van der Waals surface area contributed by atoms with Gasteiger partial charge < -0.3 is 14.3 Å². The molecule has 9 nitrogen and oxygen atoms in total. The fraction of sp³-hybridized carbons (Fsp3) is 0.438. The lowest BCUT2D eigenvalue weighted by Gasteiger charge is -2.29. The Labute approximate surface area is 152 Å². The lowest BCUT2D eigenvalue weighted by Crippen LogP contribution is -2.34. The number of carbonyl (C=O) groups is 1. The number of benzene rings is 1. The Morgan fingerprint density at radius 3 is 2.81 bits per heavy atom. The van der Waals surface area contributed by atoms with Crippen LogP contribution in [0.3, 0.4) is 0 Å². The first-order valence-corrected chi connectivity index (χ1v) is 9.67. The van der Waals surface area contributed by atoms with E-state index in [-0.39, 0.29) is 23.2 Å². The number of nitrogens with one attached hydrogen (secondary N) is 1. The molecule has 140 valence electrons. The summed E-state index contributed by atoms with van der Waals surface area (Å²) in [6, 6.07) is 4.84. The molecular weight excluding hydrogens is 358 g/mol. The van der Waals surface area contributed by atoms with Crippen LogP contribution in [0.2, 0.25) is 0 Å². The number of carbonyl (C=O) groups excluding carboxylic acids is 1. The fourth-order valence-electron chi connectivity index (χ4n) is 2.79. The van der Waals surface area contributed by atoms with Gasteiger partial charge in [-0.3, -0.25) is 4.79 Å². The highest BCUT2D eigenvalue weighted by Crippen LogP contribution is 2.29. The zero-order valence-corrected chi connectivity index (χ0v) is 15.7. The first-order chi connectivity index (χ1) is 12.3. The van der Waals surface area contributed by atoms with Crippen molar-refractivity contribution in [2.45, 2.75) is 31.2 Å². The van der Waals surface area contributed by atoms with Crippen LogP contribution in [0.25, 0.3) is 0 Å². The zero-order valence-electron chi connectivity index (χ0n) is 14.9. The van der Waals surface area contributed by atoms with Crippen molar-refractivity contribution >= 4 is 27.6 Å². The summed E-state index contributed by atoms with van der Waals surface area (Å²) in [5, 5.41) is 3.74. The molecule has 0 saturated heterocycles. The van der Waals surface area contributed by atoms with E-state index in [4.69, 9.17) is 4.52 Å². The summed E-state index contributed by atoms with van der Waals surface area (Å²) in [6.45, 7) is 1.96. The molecule has 1 N–H and O–H groups in total. The number of anilines is 2. The molecule has 3 rings (SSSR count).